The maximum atomic E-state index is 13.6. The molecule has 0 unspecified atom stereocenters. The van der Waals surface area contributed by atoms with E-state index in [4.69, 9.17) is 18.0 Å². The van der Waals surface area contributed by atoms with Gasteiger partial charge in [0.25, 0.3) is 0 Å². The molecule has 6 heteroatoms. The zero-order chi connectivity index (χ0) is 13.0. The van der Waals surface area contributed by atoms with Gasteiger partial charge < -0.3 is 11.1 Å². The van der Waals surface area contributed by atoms with E-state index in [1.165, 1.54) is 6.07 Å². The molecule has 0 atom stereocenters. The van der Waals surface area contributed by atoms with Crippen molar-refractivity contribution < 1.29 is 4.39 Å². The molecule has 0 saturated heterocycles. The molecule has 2 aromatic rings. The standard InChI is InChI=1S/C12H12FN3S2/c13-10-7-8(1-2-9(10)12(14)17)15-4-3-11-16-5-6-18-11/h1-2,5-7,15H,3-4H2,(H2,14,17). The summed E-state index contributed by atoms with van der Waals surface area (Å²) < 4.78 is 13.6. The summed E-state index contributed by atoms with van der Waals surface area (Å²) in [5, 5.41) is 6.13. The third kappa shape index (κ3) is 3.24. The second-order valence-corrected chi connectivity index (χ2v) is 5.08. The first-order valence-corrected chi connectivity index (χ1v) is 6.67. The first-order valence-electron chi connectivity index (χ1n) is 5.38. The van der Waals surface area contributed by atoms with Gasteiger partial charge in [-0.05, 0) is 18.2 Å². The fraction of sp³-hybridized carbons (Fsp3) is 0.167. The molecular weight excluding hydrogens is 269 g/mol. The molecule has 0 bridgehead atoms. The Kier molecular flexibility index (Phi) is 4.22. The Bertz CT molecular complexity index is 540. The van der Waals surface area contributed by atoms with Crippen LogP contribution in [0.15, 0.2) is 29.8 Å². The van der Waals surface area contributed by atoms with Gasteiger partial charge in [0.2, 0.25) is 0 Å². The van der Waals surface area contributed by atoms with Crippen LogP contribution in [0.5, 0.6) is 0 Å². The van der Waals surface area contributed by atoms with Gasteiger partial charge in [0.1, 0.15) is 10.8 Å². The van der Waals surface area contributed by atoms with Crippen molar-refractivity contribution in [2.24, 2.45) is 5.73 Å². The van der Waals surface area contributed by atoms with Crippen LogP contribution in [-0.4, -0.2) is 16.5 Å². The minimum atomic E-state index is -0.401. The van der Waals surface area contributed by atoms with Crippen molar-refractivity contribution in [1.82, 2.24) is 4.98 Å². The number of nitrogens with zero attached hydrogens (tertiary/aromatic N) is 1. The molecule has 3 nitrogen and oxygen atoms in total. The monoisotopic (exact) mass is 281 g/mol. The average molecular weight is 281 g/mol. The quantitative estimate of drug-likeness (QED) is 0.827. The first-order chi connectivity index (χ1) is 8.66. The van der Waals surface area contributed by atoms with E-state index in [0.717, 1.165) is 11.4 Å². The van der Waals surface area contributed by atoms with E-state index in [0.29, 0.717) is 12.2 Å². The van der Waals surface area contributed by atoms with E-state index in [-0.39, 0.29) is 10.6 Å². The number of thiazole rings is 1. The number of nitrogens with one attached hydrogen (secondary N) is 1. The number of halogens is 1. The molecule has 94 valence electrons. The van der Waals surface area contributed by atoms with E-state index in [9.17, 15) is 4.39 Å². The molecular formula is C12H12FN3S2. The summed E-state index contributed by atoms with van der Waals surface area (Å²) in [6.45, 7) is 0.708. The SMILES string of the molecule is NC(=S)c1ccc(NCCc2nccs2)cc1F. The van der Waals surface area contributed by atoms with Gasteiger partial charge in [0.05, 0.1) is 5.01 Å². The number of nitrogens with two attached hydrogens (primary N) is 1. The molecule has 0 fully saturated rings. The molecule has 1 heterocycles. The highest BCUT2D eigenvalue weighted by molar-refractivity contribution is 7.80. The van der Waals surface area contributed by atoms with Gasteiger partial charge in [0, 0.05) is 35.8 Å². The van der Waals surface area contributed by atoms with Gasteiger partial charge >= 0.3 is 0 Å². The average Bonchev–Trinajstić information content (AvgIpc) is 2.81. The van der Waals surface area contributed by atoms with Crippen molar-refractivity contribution in [3.05, 3.63) is 46.2 Å². The lowest BCUT2D eigenvalue weighted by Gasteiger charge is -2.07. The lowest BCUT2D eigenvalue weighted by atomic mass is 10.2. The molecule has 0 aliphatic heterocycles. The molecule has 0 spiro atoms. The van der Waals surface area contributed by atoms with Crippen LogP contribution in [0.2, 0.25) is 0 Å². The van der Waals surface area contributed by atoms with Gasteiger partial charge in [-0.25, -0.2) is 9.37 Å². The predicted octanol–water partition coefficient (Wildman–Crippen LogP) is 2.57. The van der Waals surface area contributed by atoms with E-state index in [2.05, 4.69) is 10.3 Å². The van der Waals surface area contributed by atoms with Gasteiger partial charge in [-0.2, -0.15) is 0 Å². The number of thiocarbonyl (C=S) groups is 1. The van der Waals surface area contributed by atoms with Crippen LogP contribution >= 0.6 is 23.6 Å². The summed E-state index contributed by atoms with van der Waals surface area (Å²) >= 11 is 6.35. The highest BCUT2D eigenvalue weighted by Gasteiger charge is 2.05. The van der Waals surface area contributed by atoms with Crippen molar-refractivity contribution in [2.75, 3.05) is 11.9 Å². The molecule has 1 aromatic heterocycles. The molecule has 2 rings (SSSR count). The van der Waals surface area contributed by atoms with Gasteiger partial charge in [-0.3, -0.25) is 0 Å². The molecule has 0 radical (unpaired) electrons. The van der Waals surface area contributed by atoms with E-state index in [1.54, 1.807) is 29.7 Å². The predicted molar refractivity (Wildman–Crippen MR) is 76.6 cm³/mol. The summed E-state index contributed by atoms with van der Waals surface area (Å²) in [7, 11) is 0. The topological polar surface area (TPSA) is 50.9 Å². The highest BCUT2D eigenvalue weighted by atomic mass is 32.1. The fourth-order valence-corrected chi connectivity index (χ4v) is 2.30. The summed E-state index contributed by atoms with van der Waals surface area (Å²) in [6.07, 6.45) is 2.59. The van der Waals surface area contributed by atoms with Crippen LogP contribution in [0.4, 0.5) is 10.1 Å². The van der Waals surface area contributed by atoms with Gasteiger partial charge in [-0.15, -0.1) is 11.3 Å². The maximum Gasteiger partial charge on any atom is 0.135 e. The molecule has 0 amide bonds. The van der Waals surface area contributed by atoms with Crippen LogP contribution in [0.1, 0.15) is 10.6 Å². The summed E-state index contributed by atoms with van der Waals surface area (Å²) in [6, 6.07) is 4.75. The van der Waals surface area contributed by atoms with Crippen molar-refractivity contribution in [1.29, 1.82) is 0 Å². The number of anilines is 1. The van der Waals surface area contributed by atoms with Crippen molar-refractivity contribution >= 4 is 34.2 Å². The van der Waals surface area contributed by atoms with Crippen LogP contribution in [0.3, 0.4) is 0 Å². The number of hydrogen-bond donors (Lipinski definition) is 2. The minimum Gasteiger partial charge on any atom is -0.389 e. The third-order valence-corrected chi connectivity index (χ3v) is 3.45. The Morgan fingerprint density at radius 2 is 2.33 bits per heavy atom. The Hall–Kier alpha value is -1.53. The summed E-state index contributed by atoms with van der Waals surface area (Å²) in [5.41, 5.74) is 6.38. The molecule has 0 aliphatic carbocycles. The van der Waals surface area contributed by atoms with E-state index in [1.807, 2.05) is 5.38 Å². The van der Waals surface area contributed by atoms with E-state index >= 15 is 0 Å². The second kappa shape index (κ2) is 5.88. The summed E-state index contributed by atoms with van der Waals surface area (Å²) in [5.74, 6) is -0.401. The fourth-order valence-electron chi connectivity index (χ4n) is 1.52. The zero-order valence-corrected chi connectivity index (χ0v) is 11.2. The molecule has 3 N–H and O–H groups in total. The lowest BCUT2D eigenvalue weighted by molar-refractivity contribution is 0.626. The normalized spacial score (nSPS) is 10.3. The molecule has 1 aromatic carbocycles. The first kappa shape index (κ1) is 12.9. The number of benzene rings is 1. The van der Waals surface area contributed by atoms with Gasteiger partial charge in [0.15, 0.2) is 0 Å². The van der Waals surface area contributed by atoms with Crippen molar-refractivity contribution in [3.8, 4) is 0 Å². The van der Waals surface area contributed by atoms with Gasteiger partial charge in [-0.1, -0.05) is 12.2 Å². The molecule has 0 aliphatic rings. The number of rotatable bonds is 5. The Morgan fingerprint density at radius 3 is 2.94 bits per heavy atom. The number of aromatic nitrogens is 1. The van der Waals surface area contributed by atoms with Crippen molar-refractivity contribution in [2.45, 2.75) is 6.42 Å². The number of hydrogen-bond acceptors (Lipinski definition) is 4. The smallest absolute Gasteiger partial charge is 0.135 e. The maximum absolute atomic E-state index is 13.6. The van der Waals surface area contributed by atoms with Crippen molar-refractivity contribution in [3.63, 3.8) is 0 Å². The minimum absolute atomic E-state index is 0.0711. The lowest BCUT2D eigenvalue weighted by Crippen LogP contribution is -2.12. The zero-order valence-electron chi connectivity index (χ0n) is 9.52. The second-order valence-electron chi connectivity index (χ2n) is 3.66. The van der Waals surface area contributed by atoms with E-state index < -0.39 is 5.82 Å². The Labute approximate surface area is 114 Å². The van der Waals surface area contributed by atoms with Crippen LogP contribution in [0, 0.1) is 5.82 Å². The molecule has 18 heavy (non-hydrogen) atoms. The highest BCUT2D eigenvalue weighted by Crippen LogP contribution is 2.15. The van der Waals surface area contributed by atoms with Crippen LogP contribution < -0.4 is 11.1 Å². The largest absolute Gasteiger partial charge is 0.389 e. The summed E-state index contributed by atoms with van der Waals surface area (Å²) in [4.78, 5) is 4.24. The third-order valence-electron chi connectivity index (χ3n) is 2.39. The molecule has 0 saturated carbocycles. The Balaban J connectivity index is 1.94. The van der Waals surface area contributed by atoms with Crippen LogP contribution in [-0.2, 0) is 6.42 Å². The van der Waals surface area contributed by atoms with Crippen LogP contribution in [0.25, 0.3) is 0 Å². The Morgan fingerprint density at radius 1 is 1.50 bits per heavy atom.